The van der Waals surface area contributed by atoms with E-state index in [1.165, 1.54) is 59.9 Å². The zero-order chi connectivity index (χ0) is 46.4. The van der Waals surface area contributed by atoms with Gasteiger partial charge in [-0.2, -0.15) is 9.97 Å². The normalized spacial score (nSPS) is 12.2. The van der Waals surface area contributed by atoms with Gasteiger partial charge in [-0.3, -0.25) is 20.2 Å². The number of ether oxygens (including phenoxy) is 5. The molecule has 0 aliphatic rings. The Hall–Kier alpha value is -2.80. The number of hydrogen-bond acceptors (Lipinski definition) is 13. The predicted molar refractivity (Wildman–Crippen MR) is 254 cm³/mol. The van der Waals surface area contributed by atoms with Crippen molar-refractivity contribution in [2.45, 2.75) is 73.3 Å². The molecule has 0 aliphatic carbocycles. The summed E-state index contributed by atoms with van der Waals surface area (Å²) in [5, 5.41) is 24.7. The third kappa shape index (κ3) is 16.9. The lowest BCUT2D eigenvalue weighted by molar-refractivity contribution is -0.388. The van der Waals surface area contributed by atoms with Crippen LogP contribution in [-0.4, -0.2) is 56.7 Å². The minimum Gasteiger partial charge on any atom is -0.489 e. The van der Waals surface area contributed by atoms with Gasteiger partial charge < -0.3 is 23.7 Å². The maximum Gasteiger partial charge on any atom is 0.301 e. The average molecular weight is 1070 g/mol. The fourth-order valence-corrected chi connectivity index (χ4v) is 8.84. The molecule has 2 atom stereocenters. The van der Waals surface area contributed by atoms with E-state index in [2.05, 4.69) is 9.97 Å². The molecule has 340 valence electrons. The molecule has 2 heterocycles. The van der Waals surface area contributed by atoms with Gasteiger partial charge in [-0.15, -0.1) is 0 Å². The number of hydrogen-bond donors (Lipinski definition) is 0. The van der Waals surface area contributed by atoms with E-state index in [9.17, 15) is 20.2 Å². The van der Waals surface area contributed by atoms with Crippen LogP contribution >= 0.6 is 116 Å². The lowest BCUT2D eigenvalue weighted by atomic mass is 10.1. The van der Waals surface area contributed by atoms with Crippen molar-refractivity contribution in [1.82, 2.24) is 9.97 Å². The zero-order valence-corrected chi connectivity index (χ0v) is 41.3. The van der Waals surface area contributed by atoms with E-state index in [0.717, 1.165) is 0 Å². The Bertz CT molecular complexity index is 2100. The second-order valence-electron chi connectivity index (χ2n) is 13.4. The zero-order valence-electron chi connectivity index (χ0n) is 33.6. The number of nitrogens with zero attached hydrogens (tertiary/aromatic N) is 4. The van der Waals surface area contributed by atoms with Gasteiger partial charge in [0.2, 0.25) is 11.8 Å². The van der Waals surface area contributed by atoms with Crippen LogP contribution in [0.4, 0.5) is 11.4 Å². The first-order chi connectivity index (χ1) is 29.8. The molecule has 0 saturated carbocycles. The van der Waals surface area contributed by atoms with Crippen LogP contribution in [0, 0.1) is 20.2 Å². The van der Waals surface area contributed by atoms with Crippen LogP contribution in [0.15, 0.2) is 79.7 Å². The summed E-state index contributed by atoms with van der Waals surface area (Å²) < 4.78 is 30.3. The van der Waals surface area contributed by atoms with Gasteiger partial charge in [0.05, 0.1) is 43.2 Å². The van der Waals surface area contributed by atoms with E-state index in [1.807, 2.05) is 27.7 Å². The van der Waals surface area contributed by atoms with Gasteiger partial charge >= 0.3 is 11.4 Å². The number of aromatic nitrogens is 2. The smallest absolute Gasteiger partial charge is 0.301 e. The lowest BCUT2D eigenvalue weighted by Crippen LogP contribution is -2.16. The summed E-state index contributed by atoms with van der Waals surface area (Å²) in [6, 6.07) is 11.6. The fourth-order valence-electron chi connectivity index (χ4n) is 5.47. The van der Waals surface area contributed by atoms with E-state index in [4.69, 9.17) is 116 Å². The molecule has 0 bridgehead atoms. The molecular formula is C40H38Cl8N4O9S2. The largest absolute Gasteiger partial charge is 0.489 e. The highest BCUT2D eigenvalue weighted by Gasteiger charge is 2.27. The van der Waals surface area contributed by atoms with Crippen molar-refractivity contribution in [3.05, 3.63) is 121 Å². The molecule has 2 aromatic carbocycles. The van der Waals surface area contributed by atoms with Crippen molar-refractivity contribution >= 4 is 128 Å². The highest BCUT2D eigenvalue weighted by molar-refractivity contribution is 8.00. The predicted octanol–water partition coefficient (Wildman–Crippen LogP) is 15.0. The Balaban J connectivity index is 1.63. The SMILES string of the molecule is CC(C)Sc1nc(OC(CCOCCC(Oc2ccc([N+](=O)[O-])c(SC(C)C)n2)c2c(Cl)cc(OCC=C(Cl)Cl)cc2Cl)c2c(Cl)cc(OCC=C(Cl)Cl)cc2Cl)ccc1[N+](=O)[O-]. The van der Waals surface area contributed by atoms with Crippen LogP contribution in [0.2, 0.25) is 20.1 Å². The van der Waals surface area contributed by atoms with E-state index < -0.39 is 22.1 Å². The quantitative estimate of drug-likeness (QED) is 0.0283. The molecule has 0 N–H and O–H groups in total. The van der Waals surface area contributed by atoms with Crippen LogP contribution in [0.5, 0.6) is 23.3 Å². The minimum atomic E-state index is -0.879. The number of nitro groups is 2. The van der Waals surface area contributed by atoms with E-state index >= 15 is 0 Å². The monoisotopic (exact) mass is 1060 g/mol. The van der Waals surface area contributed by atoms with Crippen LogP contribution < -0.4 is 18.9 Å². The van der Waals surface area contributed by atoms with Gasteiger partial charge in [0.15, 0.2) is 10.1 Å². The molecule has 0 amide bonds. The van der Waals surface area contributed by atoms with Gasteiger partial charge in [-0.1, -0.05) is 144 Å². The second kappa shape index (κ2) is 25.8. The molecule has 2 unspecified atom stereocenters. The first kappa shape index (κ1) is 52.8. The van der Waals surface area contributed by atoms with Crippen LogP contribution in [0.25, 0.3) is 0 Å². The second-order valence-corrected chi connectivity index (χ2v) is 20.2. The van der Waals surface area contributed by atoms with Gasteiger partial charge in [0.25, 0.3) is 0 Å². The molecular weight excluding hydrogens is 1030 g/mol. The number of rotatable bonds is 24. The molecule has 0 radical (unpaired) electrons. The van der Waals surface area contributed by atoms with Gasteiger partial charge in [0, 0.05) is 58.7 Å². The van der Waals surface area contributed by atoms with Crippen molar-refractivity contribution in [3.63, 3.8) is 0 Å². The number of benzene rings is 2. The molecule has 0 fully saturated rings. The third-order valence-electron chi connectivity index (χ3n) is 8.02. The summed E-state index contributed by atoms with van der Waals surface area (Å²) in [7, 11) is 0. The Morgan fingerprint density at radius 3 is 1.29 bits per heavy atom. The van der Waals surface area contributed by atoms with Crippen molar-refractivity contribution in [2.24, 2.45) is 0 Å². The molecule has 4 rings (SSSR count). The summed E-state index contributed by atoms with van der Waals surface area (Å²) in [6.07, 6.45) is 1.46. The van der Waals surface area contributed by atoms with Gasteiger partial charge in [-0.05, 0) is 36.4 Å². The number of thioether (sulfide) groups is 2. The first-order valence-corrected chi connectivity index (χ1v) is 23.4. The molecule has 0 spiro atoms. The molecule has 2 aromatic heterocycles. The average Bonchev–Trinajstić information content (AvgIpc) is 3.16. The maximum absolute atomic E-state index is 11.8. The fraction of sp³-hybridized carbons (Fsp3) is 0.350. The highest BCUT2D eigenvalue weighted by Crippen LogP contribution is 2.42. The Morgan fingerprint density at radius 1 is 0.635 bits per heavy atom. The van der Waals surface area contributed by atoms with Crippen molar-refractivity contribution < 1.29 is 33.5 Å². The number of pyridine rings is 2. The van der Waals surface area contributed by atoms with E-state index in [-0.39, 0.29) is 112 Å². The van der Waals surface area contributed by atoms with Gasteiger partial charge in [-0.25, -0.2) is 0 Å². The summed E-state index contributed by atoms with van der Waals surface area (Å²) in [6.45, 7) is 7.76. The molecule has 4 aromatic rings. The topological polar surface area (TPSA) is 158 Å². The standard InChI is InChI=1S/C40H38Cl8N4O9S2/c1-21(2)62-39-29(51(53)54)5-7-35(49-39)60-31(37-25(41)17-23(18-26(37)42)58-15-11-33(45)46)9-13-57-14-10-32(38-27(43)19-24(20-28(38)44)59-16-12-34(47)48)61-36-8-6-30(52(55)56)40(50-36)63-22(3)4/h5-8,11-12,17-22,31-32H,9-10,13-16H2,1-4H3. The summed E-state index contributed by atoms with van der Waals surface area (Å²) in [4.78, 5) is 31.5. The number of halogens is 8. The minimum absolute atomic E-state index is 0.0188. The van der Waals surface area contributed by atoms with E-state index in [1.54, 1.807) is 24.3 Å². The summed E-state index contributed by atoms with van der Waals surface area (Å²) >= 11 is 52.5. The van der Waals surface area contributed by atoms with Crippen molar-refractivity contribution in [1.29, 1.82) is 0 Å². The van der Waals surface area contributed by atoms with Crippen LogP contribution in [0.1, 0.15) is 63.9 Å². The van der Waals surface area contributed by atoms with Crippen molar-refractivity contribution in [2.75, 3.05) is 26.4 Å². The first-order valence-electron chi connectivity index (χ1n) is 18.6. The third-order valence-corrected chi connectivity index (χ3v) is 11.9. The molecule has 13 nitrogen and oxygen atoms in total. The molecule has 0 aliphatic heterocycles. The van der Waals surface area contributed by atoms with Gasteiger partial charge in [0.1, 0.15) is 45.9 Å². The van der Waals surface area contributed by atoms with Crippen molar-refractivity contribution in [3.8, 4) is 23.3 Å². The van der Waals surface area contributed by atoms with E-state index in [0.29, 0.717) is 22.6 Å². The summed E-state index contributed by atoms with van der Waals surface area (Å²) in [5.74, 6) is 0.826. The Morgan fingerprint density at radius 2 is 0.984 bits per heavy atom. The Labute approximate surface area is 412 Å². The maximum atomic E-state index is 11.8. The summed E-state index contributed by atoms with van der Waals surface area (Å²) in [5.41, 5.74) is 0.416. The lowest BCUT2D eigenvalue weighted by Gasteiger charge is -2.23. The molecule has 23 heteroatoms. The Kier molecular flexibility index (Phi) is 21.6. The van der Waals surface area contributed by atoms with Crippen LogP contribution in [-0.2, 0) is 4.74 Å². The van der Waals surface area contributed by atoms with Crippen LogP contribution in [0.3, 0.4) is 0 Å². The molecule has 0 saturated heterocycles. The molecule has 63 heavy (non-hydrogen) atoms. The highest BCUT2D eigenvalue weighted by atomic mass is 35.5.